The average Bonchev–Trinajstić information content (AvgIpc) is 3.99. The van der Waals surface area contributed by atoms with Gasteiger partial charge in [0.25, 0.3) is 0 Å². The molecule has 0 fully saturated rings. The Hall–Kier alpha value is -8.22. The van der Waals surface area contributed by atoms with Gasteiger partial charge in [0.15, 0.2) is 0 Å². The van der Waals surface area contributed by atoms with Crippen LogP contribution in [-0.4, -0.2) is 9.13 Å². The fourth-order valence-corrected chi connectivity index (χ4v) is 11.6. The van der Waals surface area contributed by atoms with Crippen LogP contribution in [0.5, 0.6) is 0 Å². The van der Waals surface area contributed by atoms with E-state index in [-0.39, 0.29) is 0 Å². The van der Waals surface area contributed by atoms with E-state index in [0.717, 1.165) is 76.4 Å². The van der Waals surface area contributed by atoms with Crippen molar-refractivity contribution in [2.24, 2.45) is 0 Å². The van der Waals surface area contributed by atoms with Crippen LogP contribution in [0.2, 0.25) is 0 Å². The van der Waals surface area contributed by atoms with E-state index in [2.05, 4.69) is 166 Å². The molecule has 0 aliphatic rings. The number of aromatic nitrogens is 2. The van der Waals surface area contributed by atoms with Crippen molar-refractivity contribution in [3.8, 4) is 39.7 Å². The number of nitrogens with zero attached hydrogens (tertiary/aromatic N) is 4. The zero-order valence-corrected chi connectivity index (χ0v) is 33.3. The molecule has 0 atom stereocenters. The monoisotopic (exact) mass is 790 g/mol. The van der Waals surface area contributed by atoms with Crippen LogP contribution in [0.1, 0.15) is 5.56 Å². The highest BCUT2D eigenvalue weighted by molar-refractivity contribution is 7.26. The molecule has 0 bridgehead atoms. The molecular formula is C56H30N4S. The maximum atomic E-state index is 11.8. The molecule has 3 aromatic heterocycles. The van der Waals surface area contributed by atoms with Gasteiger partial charge in [-0.05, 0) is 56.9 Å². The first-order chi connectivity index (χ1) is 30.2. The summed E-state index contributed by atoms with van der Waals surface area (Å²) in [5.74, 6) is 0. The Bertz CT molecular complexity index is 3970. The third-order valence-corrected chi connectivity index (χ3v) is 13.9. The second kappa shape index (κ2) is 12.6. The van der Waals surface area contributed by atoms with Crippen molar-refractivity contribution in [3.63, 3.8) is 0 Å². The Morgan fingerprint density at radius 3 is 1.61 bits per heavy atom. The highest BCUT2D eigenvalue weighted by Gasteiger charge is 2.32. The minimum atomic E-state index is 0.435. The van der Waals surface area contributed by atoms with Crippen molar-refractivity contribution in [3.05, 3.63) is 199 Å². The fraction of sp³-hybridized carbons (Fsp3) is 0. The van der Waals surface area contributed by atoms with Gasteiger partial charge < -0.3 is 9.13 Å². The lowest BCUT2D eigenvalue weighted by Gasteiger charge is -2.25. The van der Waals surface area contributed by atoms with Gasteiger partial charge in [0.2, 0.25) is 5.69 Å². The molecule has 0 saturated carbocycles. The molecule has 61 heavy (non-hydrogen) atoms. The van der Waals surface area contributed by atoms with Crippen molar-refractivity contribution in [1.82, 2.24) is 9.13 Å². The summed E-state index contributed by atoms with van der Waals surface area (Å²) >= 11 is 1.79. The van der Waals surface area contributed by atoms with Crippen LogP contribution in [0.25, 0.3) is 124 Å². The highest BCUT2D eigenvalue weighted by Crippen LogP contribution is 2.54. The number of fused-ring (bicyclic) bond motifs is 10. The standard InChI is InChI=1S/C56H30N4S/c1-58-52-48(33-16-4-2-5-17-33)43(32-57)53(60-44-26-12-10-22-37(44)41-30-31-42-38-23-11-13-29-47(38)61-56(42)54(41)60)49(34-18-6-3-7-19-34)55(52)59-45-27-14-24-39-35-20-8-9-21-36(35)40-25-15-28-46(59)51(40)50(39)45/h2-31H. The van der Waals surface area contributed by atoms with Gasteiger partial charge in [-0.15, -0.1) is 11.3 Å². The van der Waals surface area contributed by atoms with E-state index in [0.29, 0.717) is 16.8 Å². The third kappa shape index (κ3) is 4.45. The van der Waals surface area contributed by atoms with Gasteiger partial charge in [-0.3, -0.25) is 0 Å². The first-order valence-corrected chi connectivity index (χ1v) is 21.2. The van der Waals surface area contributed by atoms with E-state index in [1.807, 2.05) is 36.4 Å². The Balaban J connectivity index is 1.34. The first kappa shape index (κ1) is 33.7. The topological polar surface area (TPSA) is 38.0 Å². The minimum absolute atomic E-state index is 0.435. The number of benzene rings is 10. The van der Waals surface area contributed by atoms with Crippen molar-refractivity contribution in [1.29, 1.82) is 5.26 Å². The molecular weight excluding hydrogens is 761 g/mol. The molecule has 3 heterocycles. The second-order valence-electron chi connectivity index (χ2n) is 15.7. The molecule has 13 rings (SSSR count). The van der Waals surface area contributed by atoms with Crippen molar-refractivity contribution in [2.45, 2.75) is 0 Å². The molecule has 0 spiro atoms. The number of thiophene rings is 1. The molecule has 10 aromatic carbocycles. The number of para-hydroxylation sites is 1. The summed E-state index contributed by atoms with van der Waals surface area (Å²) in [6.45, 7) is 9.20. The molecule has 0 radical (unpaired) electrons. The quantitative estimate of drug-likeness (QED) is 0.129. The normalized spacial score (nSPS) is 11.9. The molecule has 4 nitrogen and oxygen atoms in total. The van der Waals surface area contributed by atoms with Gasteiger partial charge >= 0.3 is 0 Å². The summed E-state index contributed by atoms with van der Waals surface area (Å²) in [6.07, 6.45) is 0. The number of rotatable bonds is 4. The number of hydrogen-bond acceptors (Lipinski definition) is 2. The SMILES string of the molecule is [C-]#[N+]c1c(-c2ccccc2)c(C#N)c(-n2c3ccccc3c3ccc4c5ccccc5sc4c32)c(-c2ccccc2)c1-n1c2cccc3c4ccccc4c4cccc1c4c32. The zero-order chi connectivity index (χ0) is 40.3. The lowest BCUT2D eigenvalue weighted by molar-refractivity contribution is 1.14. The zero-order valence-electron chi connectivity index (χ0n) is 32.5. The van der Waals surface area contributed by atoms with E-state index in [1.165, 1.54) is 37.0 Å². The van der Waals surface area contributed by atoms with Crippen LogP contribution in [0.4, 0.5) is 5.69 Å². The predicted octanol–water partition coefficient (Wildman–Crippen LogP) is 15.7. The lowest BCUT2D eigenvalue weighted by Crippen LogP contribution is -2.08. The number of hydrogen-bond donors (Lipinski definition) is 0. The third-order valence-electron chi connectivity index (χ3n) is 12.7. The van der Waals surface area contributed by atoms with E-state index >= 15 is 0 Å². The highest BCUT2D eigenvalue weighted by atomic mass is 32.1. The van der Waals surface area contributed by atoms with Gasteiger partial charge in [-0.25, -0.2) is 4.85 Å². The predicted molar refractivity (Wildman–Crippen MR) is 256 cm³/mol. The summed E-state index contributed by atoms with van der Waals surface area (Å²) in [5.41, 5.74) is 9.67. The Morgan fingerprint density at radius 1 is 0.443 bits per heavy atom. The summed E-state index contributed by atoms with van der Waals surface area (Å²) < 4.78 is 7.05. The Morgan fingerprint density at radius 2 is 0.967 bits per heavy atom. The largest absolute Gasteiger partial charge is 0.318 e. The fourth-order valence-electron chi connectivity index (χ4n) is 10.3. The molecule has 0 aliphatic carbocycles. The van der Waals surface area contributed by atoms with Gasteiger partial charge in [0.1, 0.15) is 6.07 Å². The van der Waals surface area contributed by atoms with Crippen LogP contribution < -0.4 is 0 Å². The van der Waals surface area contributed by atoms with Crippen molar-refractivity contribution < 1.29 is 0 Å². The van der Waals surface area contributed by atoms with Crippen LogP contribution in [0.3, 0.4) is 0 Å². The average molecular weight is 791 g/mol. The van der Waals surface area contributed by atoms with Crippen LogP contribution in [0, 0.1) is 17.9 Å². The molecule has 0 saturated heterocycles. The summed E-state index contributed by atoms with van der Waals surface area (Å²) in [4.78, 5) is 4.51. The van der Waals surface area contributed by atoms with E-state index in [9.17, 15) is 11.8 Å². The first-order valence-electron chi connectivity index (χ1n) is 20.4. The number of nitriles is 1. The van der Waals surface area contributed by atoms with Crippen LogP contribution in [0.15, 0.2) is 182 Å². The van der Waals surface area contributed by atoms with E-state index in [4.69, 9.17) is 0 Å². The van der Waals surface area contributed by atoms with Crippen LogP contribution in [-0.2, 0) is 0 Å². The molecule has 0 aliphatic heterocycles. The minimum Gasteiger partial charge on any atom is -0.318 e. The van der Waals surface area contributed by atoms with E-state index in [1.54, 1.807) is 11.3 Å². The maximum Gasteiger partial charge on any atom is 0.220 e. The molecule has 0 amide bonds. The van der Waals surface area contributed by atoms with Gasteiger partial charge in [-0.2, -0.15) is 5.26 Å². The van der Waals surface area contributed by atoms with Crippen molar-refractivity contribution >= 4 is 102 Å². The summed E-state index contributed by atoms with van der Waals surface area (Å²) in [6, 6.07) is 66.6. The second-order valence-corrected chi connectivity index (χ2v) is 16.7. The van der Waals surface area contributed by atoms with E-state index < -0.39 is 0 Å². The summed E-state index contributed by atoms with van der Waals surface area (Å²) in [7, 11) is 0. The Kier molecular flexibility index (Phi) is 6.99. The smallest absolute Gasteiger partial charge is 0.220 e. The van der Waals surface area contributed by atoms with Crippen LogP contribution >= 0.6 is 11.3 Å². The van der Waals surface area contributed by atoms with Gasteiger partial charge in [-0.1, -0.05) is 158 Å². The molecule has 280 valence electrons. The maximum absolute atomic E-state index is 11.8. The lowest BCUT2D eigenvalue weighted by atomic mass is 9.88. The molecule has 0 N–H and O–H groups in total. The van der Waals surface area contributed by atoms with Gasteiger partial charge in [0.05, 0.1) is 50.3 Å². The Labute approximate surface area is 353 Å². The van der Waals surface area contributed by atoms with Gasteiger partial charge in [0, 0.05) is 48.1 Å². The molecule has 0 unspecified atom stereocenters. The summed E-state index contributed by atoms with van der Waals surface area (Å²) in [5, 5.41) is 23.5. The molecule has 13 aromatic rings. The molecule has 5 heteroatoms. The van der Waals surface area contributed by atoms with Crippen molar-refractivity contribution in [2.75, 3.05) is 0 Å².